The Morgan fingerprint density at radius 1 is 1.10 bits per heavy atom. The van der Waals surface area contributed by atoms with Crippen LogP contribution in [0.3, 0.4) is 0 Å². The Morgan fingerprint density at radius 2 is 1.77 bits per heavy atom. The van der Waals surface area contributed by atoms with Crippen molar-refractivity contribution in [3.63, 3.8) is 0 Å². The van der Waals surface area contributed by atoms with Crippen LogP contribution in [-0.4, -0.2) is 46.3 Å². The van der Waals surface area contributed by atoms with Crippen LogP contribution in [-0.2, 0) is 12.1 Å². The third-order valence-corrected chi connectivity index (χ3v) is 6.34. The molecule has 0 radical (unpaired) electrons. The van der Waals surface area contributed by atoms with Crippen LogP contribution in [0.25, 0.3) is 0 Å². The maximum atomic E-state index is 13.2. The number of rotatable bonds is 7. The predicted octanol–water partition coefficient (Wildman–Crippen LogP) is 3.53. The number of ether oxygens (including phenoxy) is 2. The van der Waals surface area contributed by atoms with Gasteiger partial charge >= 0.3 is 6.01 Å². The lowest BCUT2D eigenvalue weighted by molar-refractivity contribution is -0.150. The maximum absolute atomic E-state index is 13.2. The van der Waals surface area contributed by atoms with Gasteiger partial charge in [-0.15, -0.1) is 0 Å². The van der Waals surface area contributed by atoms with Gasteiger partial charge < -0.3 is 14.6 Å². The van der Waals surface area contributed by atoms with E-state index in [0.717, 1.165) is 44.5 Å². The molecular formula is C23H30FN3O3. The normalized spacial score (nSPS) is 26.4. The number of hydrogen-bond acceptors (Lipinski definition) is 6. The molecule has 1 aromatic carbocycles. The van der Waals surface area contributed by atoms with E-state index in [2.05, 4.69) is 14.9 Å². The number of hydrogen-bond donors (Lipinski definition) is 1. The molecule has 4 rings (SSSR count). The SMILES string of the molecule is CCOc1ncc(C2(O)[C@H]3CCC[C@H]2CN(Cc2ccc(F)cc2)C3)c(OCC)n1. The Hall–Kier alpha value is -2.25. The molecule has 2 aliphatic rings. The fourth-order valence-electron chi connectivity index (χ4n) is 5.03. The van der Waals surface area contributed by atoms with Crippen molar-refractivity contribution in [3.05, 3.63) is 47.4 Å². The van der Waals surface area contributed by atoms with Gasteiger partial charge in [0.05, 0.1) is 18.8 Å². The zero-order chi connectivity index (χ0) is 21.1. The number of benzene rings is 1. The summed E-state index contributed by atoms with van der Waals surface area (Å²) >= 11 is 0. The monoisotopic (exact) mass is 415 g/mol. The Labute approximate surface area is 177 Å². The molecule has 1 N–H and O–H groups in total. The fourth-order valence-corrected chi connectivity index (χ4v) is 5.03. The number of nitrogens with zero attached hydrogens (tertiary/aromatic N) is 3. The second-order valence-corrected chi connectivity index (χ2v) is 8.21. The minimum atomic E-state index is -1.02. The minimum Gasteiger partial charge on any atom is -0.478 e. The standard InChI is InChI=1S/C23H30FN3O3/c1-3-29-21-20(12-25-22(26-21)30-4-2)23(28)17-6-5-7-18(23)15-27(14-17)13-16-8-10-19(24)11-9-16/h8-12,17-18,28H,3-7,13-15H2,1-2H3/t17-,18-/m0/s1. The number of likely N-dealkylation sites (tertiary alicyclic amines) is 1. The van der Waals surface area contributed by atoms with E-state index >= 15 is 0 Å². The highest BCUT2D eigenvalue weighted by Gasteiger charge is 2.53. The molecule has 0 unspecified atom stereocenters. The van der Waals surface area contributed by atoms with E-state index < -0.39 is 5.60 Å². The van der Waals surface area contributed by atoms with E-state index in [1.807, 2.05) is 26.0 Å². The summed E-state index contributed by atoms with van der Waals surface area (Å²) in [6.07, 6.45) is 4.66. The quantitative estimate of drug-likeness (QED) is 0.746. The average molecular weight is 416 g/mol. The van der Waals surface area contributed by atoms with Gasteiger partial charge in [-0.1, -0.05) is 18.6 Å². The largest absolute Gasteiger partial charge is 0.478 e. The van der Waals surface area contributed by atoms with Crippen LogP contribution in [0.15, 0.2) is 30.5 Å². The van der Waals surface area contributed by atoms with Crippen molar-refractivity contribution in [1.29, 1.82) is 0 Å². The van der Waals surface area contributed by atoms with Crippen molar-refractivity contribution in [2.75, 3.05) is 26.3 Å². The van der Waals surface area contributed by atoms with E-state index in [9.17, 15) is 9.50 Å². The lowest BCUT2D eigenvalue weighted by Gasteiger charge is -2.53. The third-order valence-electron chi connectivity index (χ3n) is 6.34. The smallest absolute Gasteiger partial charge is 0.319 e. The van der Waals surface area contributed by atoms with Crippen molar-refractivity contribution in [1.82, 2.24) is 14.9 Å². The molecule has 2 bridgehead atoms. The Kier molecular flexibility index (Phi) is 6.20. The average Bonchev–Trinajstić information content (AvgIpc) is 2.71. The highest BCUT2D eigenvalue weighted by Crippen LogP contribution is 2.51. The molecule has 0 amide bonds. The summed E-state index contributed by atoms with van der Waals surface area (Å²) in [6.45, 7) is 7.00. The molecule has 0 spiro atoms. The van der Waals surface area contributed by atoms with Gasteiger partial charge in [-0.05, 0) is 44.4 Å². The van der Waals surface area contributed by atoms with Gasteiger partial charge in [-0.2, -0.15) is 4.98 Å². The molecule has 1 aromatic heterocycles. The van der Waals surface area contributed by atoms with Gasteiger partial charge in [-0.3, -0.25) is 4.90 Å². The van der Waals surface area contributed by atoms with Gasteiger partial charge in [0, 0.05) is 37.7 Å². The van der Waals surface area contributed by atoms with E-state index in [-0.39, 0.29) is 23.7 Å². The molecule has 2 fully saturated rings. The number of aliphatic hydroxyl groups is 1. The molecule has 2 heterocycles. The highest BCUT2D eigenvalue weighted by molar-refractivity contribution is 5.34. The molecule has 2 atom stereocenters. The molecule has 1 saturated carbocycles. The van der Waals surface area contributed by atoms with Gasteiger partial charge in [-0.25, -0.2) is 9.37 Å². The summed E-state index contributed by atoms with van der Waals surface area (Å²) in [5, 5.41) is 12.0. The predicted molar refractivity (Wildman–Crippen MR) is 111 cm³/mol. The Balaban J connectivity index is 1.60. The van der Waals surface area contributed by atoms with Crippen LogP contribution >= 0.6 is 0 Å². The summed E-state index contributed by atoms with van der Waals surface area (Å²) in [5.74, 6) is 0.322. The summed E-state index contributed by atoms with van der Waals surface area (Å²) in [5.41, 5.74) is 0.732. The summed E-state index contributed by atoms with van der Waals surface area (Å²) in [4.78, 5) is 11.1. The lowest BCUT2D eigenvalue weighted by atomic mass is 9.63. The lowest BCUT2D eigenvalue weighted by Crippen LogP contribution is -2.58. The van der Waals surface area contributed by atoms with E-state index in [4.69, 9.17) is 9.47 Å². The Bertz CT molecular complexity index is 847. The van der Waals surface area contributed by atoms with Gasteiger partial charge in [0.2, 0.25) is 5.88 Å². The fraction of sp³-hybridized carbons (Fsp3) is 0.565. The molecule has 7 heteroatoms. The van der Waals surface area contributed by atoms with Crippen LogP contribution in [0.2, 0.25) is 0 Å². The minimum absolute atomic E-state index is 0.0613. The number of fused-ring (bicyclic) bond motifs is 2. The molecule has 1 aliphatic heterocycles. The maximum Gasteiger partial charge on any atom is 0.319 e. The zero-order valence-corrected chi connectivity index (χ0v) is 17.7. The van der Waals surface area contributed by atoms with Crippen LogP contribution in [0.5, 0.6) is 11.9 Å². The molecule has 6 nitrogen and oxygen atoms in total. The molecule has 2 aromatic rings. The second kappa shape index (κ2) is 8.86. The number of piperidine rings is 1. The van der Waals surface area contributed by atoms with Crippen molar-refractivity contribution < 1.29 is 19.0 Å². The van der Waals surface area contributed by atoms with E-state index in [1.54, 1.807) is 6.20 Å². The molecular weight excluding hydrogens is 385 g/mol. The summed E-state index contributed by atoms with van der Waals surface area (Å²) in [7, 11) is 0. The third kappa shape index (κ3) is 4.01. The van der Waals surface area contributed by atoms with Gasteiger partial charge in [0.1, 0.15) is 11.4 Å². The van der Waals surface area contributed by atoms with Crippen LogP contribution < -0.4 is 9.47 Å². The Morgan fingerprint density at radius 3 is 2.40 bits per heavy atom. The topological polar surface area (TPSA) is 67.7 Å². The van der Waals surface area contributed by atoms with Crippen molar-refractivity contribution in [2.24, 2.45) is 11.8 Å². The number of aromatic nitrogens is 2. The van der Waals surface area contributed by atoms with Crippen LogP contribution in [0.1, 0.15) is 44.2 Å². The first-order valence-electron chi connectivity index (χ1n) is 10.9. The first-order valence-corrected chi connectivity index (χ1v) is 10.9. The van der Waals surface area contributed by atoms with Gasteiger partial charge in [0.15, 0.2) is 0 Å². The van der Waals surface area contributed by atoms with Gasteiger partial charge in [0.25, 0.3) is 0 Å². The summed E-state index contributed by atoms with van der Waals surface area (Å²) < 4.78 is 24.5. The van der Waals surface area contributed by atoms with E-state index in [0.29, 0.717) is 24.7 Å². The first kappa shape index (κ1) is 21.0. The molecule has 30 heavy (non-hydrogen) atoms. The van der Waals surface area contributed by atoms with Crippen molar-refractivity contribution in [2.45, 2.75) is 45.3 Å². The van der Waals surface area contributed by atoms with Crippen molar-refractivity contribution >= 4 is 0 Å². The summed E-state index contributed by atoms with van der Waals surface area (Å²) in [6, 6.07) is 6.94. The molecule has 162 valence electrons. The molecule has 1 saturated heterocycles. The van der Waals surface area contributed by atoms with E-state index in [1.165, 1.54) is 12.1 Å². The van der Waals surface area contributed by atoms with Crippen molar-refractivity contribution in [3.8, 4) is 11.9 Å². The van der Waals surface area contributed by atoms with Crippen LogP contribution in [0, 0.1) is 17.7 Å². The van der Waals surface area contributed by atoms with Crippen LogP contribution in [0.4, 0.5) is 4.39 Å². The zero-order valence-electron chi connectivity index (χ0n) is 17.7. The highest BCUT2D eigenvalue weighted by atomic mass is 19.1. The second-order valence-electron chi connectivity index (χ2n) is 8.21. The molecule has 1 aliphatic carbocycles. The number of halogens is 1. The first-order chi connectivity index (χ1) is 14.5.